The van der Waals surface area contributed by atoms with Gasteiger partial charge < -0.3 is 26.0 Å². The van der Waals surface area contributed by atoms with Gasteiger partial charge in [-0.1, -0.05) is 30.3 Å². The molecule has 0 radical (unpaired) electrons. The number of aromatic nitrogens is 4. The van der Waals surface area contributed by atoms with E-state index in [1.807, 2.05) is 43.3 Å². The van der Waals surface area contributed by atoms with E-state index in [9.17, 15) is 15.3 Å². The van der Waals surface area contributed by atoms with Crippen molar-refractivity contribution in [1.82, 2.24) is 19.9 Å². The minimum absolute atomic E-state index is 0.194. The first-order chi connectivity index (χ1) is 16.5. The maximum atomic E-state index is 10.6. The highest BCUT2D eigenvalue weighted by molar-refractivity contribution is 7.21. The van der Waals surface area contributed by atoms with E-state index in [-0.39, 0.29) is 6.61 Å². The average molecular weight is 479 g/mol. The maximum absolute atomic E-state index is 10.6. The highest BCUT2D eigenvalue weighted by atomic mass is 32.1. The summed E-state index contributed by atoms with van der Waals surface area (Å²) in [5.41, 5.74) is 3.35. The summed E-state index contributed by atoms with van der Waals surface area (Å²) in [6.45, 7) is 2.26. The SMILES string of the molecule is Cc1nc(NCc2ccccc2)nc(N[C@@H]2C[C@H](CO)[C@@H](O)[C@H]2O)c1-c1nc2cnccc2s1. The van der Waals surface area contributed by atoms with Gasteiger partial charge in [0.05, 0.1) is 34.3 Å². The number of aliphatic hydroxyl groups is 3. The minimum atomic E-state index is -1.03. The molecule has 0 amide bonds. The molecule has 4 atom stereocenters. The van der Waals surface area contributed by atoms with Crippen LogP contribution in [0.4, 0.5) is 11.8 Å². The number of hydrogen-bond acceptors (Lipinski definition) is 10. The third kappa shape index (κ3) is 4.45. The van der Waals surface area contributed by atoms with Gasteiger partial charge in [-0.2, -0.15) is 4.98 Å². The van der Waals surface area contributed by atoms with Crippen molar-refractivity contribution in [1.29, 1.82) is 0 Å². The Kier molecular flexibility index (Phi) is 6.38. The van der Waals surface area contributed by atoms with E-state index in [1.165, 1.54) is 11.3 Å². The molecule has 5 rings (SSSR count). The lowest BCUT2D eigenvalue weighted by molar-refractivity contribution is 0.00446. The fourth-order valence-corrected chi connectivity index (χ4v) is 5.33. The number of rotatable bonds is 7. The molecule has 5 N–H and O–H groups in total. The number of nitrogens with zero attached hydrogens (tertiary/aromatic N) is 4. The van der Waals surface area contributed by atoms with E-state index in [0.717, 1.165) is 32.0 Å². The van der Waals surface area contributed by atoms with E-state index < -0.39 is 24.2 Å². The van der Waals surface area contributed by atoms with E-state index in [2.05, 4.69) is 20.6 Å². The zero-order valence-electron chi connectivity index (χ0n) is 18.6. The second-order valence-corrected chi connectivity index (χ2v) is 9.50. The summed E-state index contributed by atoms with van der Waals surface area (Å²) < 4.78 is 0.998. The molecule has 0 saturated heterocycles. The first-order valence-electron chi connectivity index (χ1n) is 11.1. The summed E-state index contributed by atoms with van der Waals surface area (Å²) in [5, 5.41) is 37.8. The Morgan fingerprint density at radius 2 is 1.88 bits per heavy atom. The van der Waals surface area contributed by atoms with Crippen LogP contribution in [0.25, 0.3) is 20.8 Å². The molecule has 176 valence electrons. The van der Waals surface area contributed by atoms with Crippen molar-refractivity contribution < 1.29 is 15.3 Å². The molecule has 0 unspecified atom stereocenters. The van der Waals surface area contributed by atoms with Gasteiger partial charge in [-0.25, -0.2) is 9.97 Å². The second kappa shape index (κ2) is 9.59. The summed E-state index contributed by atoms with van der Waals surface area (Å²) in [4.78, 5) is 18.3. The van der Waals surface area contributed by atoms with Crippen LogP contribution < -0.4 is 10.6 Å². The smallest absolute Gasteiger partial charge is 0.225 e. The Morgan fingerprint density at radius 3 is 2.62 bits per heavy atom. The van der Waals surface area contributed by atoms with Gasteiger partial charge in [0.15, 0.2) is 0 Å². The van der Waals surface area contributed by atoms with Crippen LogP contribution in [0.2, 0.25) is 0 Å². The number of anilines is 2. The van der Waals surface area contributed by atoms with Crippen LogP contribution in [0, 0.1) is 12.8 Å². The fourth-order valence-electron chi connectivity index (χ4n) is 4.30. The van der Waals surface area contributed by atoms with Crippen molar-refractivity contribution in [2.24, 2.45) is 5.92 Å². The number of fused-ring (bicyclic) bond motifs is 1. The zero-order valence-corrected chi connectivity index (χ0v) is 19.4. The molecule has 9 nitrogen and oxygen atoms in total. The largest absolute Gasteiger partial charge is 0.396 e. The Hall–Kier alpha value is -3.18. The zero-order chi connectivity index (χ0) is 23.7. The molecule has 1 fully saturated rings. The summed E-state index contributed by atoms with van der Waals surface area (Å²) in [7, 11) is 0. The van der Waals surface area contributed by atoms with Gasteiger partial charge in [-0.15, -0.1) is 11.3 Å². The number of benzene rings is 1. The van der Waals surface area contributed by atoms with Crippen LogP contribution in [-0.4, -0.2) is 60.1 Å². The van der Waals surface area contributed by atoms with Crippen molar-refractivity contribution in [3.63, 3.8) is 0 Å². The third-order valence-corrected chi connectivity index (χ3v) is 7.20. The van der Waals surface area contributed by atoms with Crippen LogP contribution in [0.3, 0.4) is 0 Å². The normalized spacial score (nSPS) is 22.2. The van der Waals surface area contributed by atoms with E-state index >= 15 is 0 Å². The molecule has 0 aliphatic heterocycles. The Balaban J connectivity index is 1.51. The van der Waals surface area contributed by atoms with E-state index in [4.69, 9.17) is 9.97 Å². The first kappa shape index (κ1) is 22.6. The highest BCUT2D eigenvalue weighted by Gasteiger charge is 2.41. The fraction of sp³-hybridized carbons (Fsp3) is 0.333. The number of aryl methyl sites for hydroxylation is 1. The van der Waals surface area contributed by atoms with Crippen molar-refractivity contribution in [3.05, 3.63) is 60.0 Å². The van der Waals surface area contributed by atoms with Gasteiger partial charge in [0, 0.05) is 25.3 Å². The first-order valence-corrected chi connectivity index (χ1v) is 12.0. The maximum Gasteiger partial charge on any atom is 0.225 e. The lowest BCUT2D eigenvalue weighted by Crippen LogP contribution is -2.35. The Bertz CT molecular complexity index is 1250. The van der Waals surface area contributed by atoms with Crippen molar-refractivity contribution in [3.8, 4) is 10.6 Å². The Morgan fingerprint density at radius 1 is 1.06 bits per heavy atom. The number of pyridine rings is 1. The van der Waals surface area contributed by atoms with Gasteiger partial charge in [-0.05, 0) is 25.0 Å². The van der Waals surface area contributed by atoms with Crippen molar-refractivity contribution in [2.45, 2.75) is 38.1 Å². The summed E-state index contributed by atoms with van der Waals surface area (Å²) in [6, 6.07) is 11.4. The van der Waals surface area contributed by atoms with Crippen LogP contribution >= 0.6 is 11.3 Å². The predicted molar refractivity (Wildman–Crippen MR) is 132 cm³/mol. The lowest BCUT2D eigenvalue weighted by atomic mass is 10.1. The molecule has 10 heteroatoms. The molecule has 3 heterocycles. The summed E-state index contributed by atoms with van der Waals surface area (Å²) in [6.07, 6.45) is 1.84. The standard InChI is InChI=1S/C24H26N6O3S/c1-13-19(23-29-17-11-25-8-7-18(17)34-23)22(28-16-9-15(12-31)20(32)21(16)33)30-24(27-13)26-10-14-5-3-2-4-6-14/h2-8,11,15-16,20-21,31-33H,9-10,12H2,1H3,(H2,26,27,28,30)/t15-,16-,20-,21+/m1/s1. The second-order valence-electron chi connectivity index (χ2n) is 8.47. The lowest BCUT2D eigenvalue weighted by Gasteiger charge is -2.21. The van der Waals surface area contributed by atoms with Crippen LogP contribution in [0.5, 0.6) is 0 Å². The molecule has 0 spiro atoms. The van der Waals surface area contributed by atoms with Gasteiger partial charge >= 0.3 is 0 Å². The molecule has 1 aromatic carbocycles. The number of nitrogens with one attached hydrogen (secondary N) is 2. The topological polar surface area (TPSA) is 136 Å². The van der Waals surface area contributed by atoms with Crippen molar-refractivity contribution >= 4 is 33.3 Å². The monoisotopic (exact) mass is 478 g/mol. The van der Waals surface area contributed by atoms with E-state index in [0.29, 0.717) is 24.7 Å². The van der Waals surface area contributed by atoms with Crippen LogP contribution in [0.15, 0.2) is 48.8 Å². The molecule has 0 bridgehead atoms. The summed E-state index contributed by atoms with van der Waals surface area (Å²) >= 11 is 1.52. The molecule has 3 aromatic heterocycles. The number of aliphatic hydroxyl groups excluding tert-OH is 3. The van der Waals surface area contributed by atoms with E-state index in [1.54, 1.807) is 12.4 Å². The van der Waals surface area contributed by atoms with Gasteiger partial charge in [-0.3, -0.25) is 4.98 Å². The minimum Gasteiger partial charge on any atom is -0.396 e. The van der Waals surface area contributed by atoms with Gasteiger partial charge in [0.25, 0.3) is 0 Å². The molecular formula is C24H26N6O3S. The molecule has 1 aliphatic carbocycles. The van der Waals surface area contributed by atoms with Gasteiger partial charge in [0.2, 0.25) is 5.95 Å². The molecule has 4 aromatic rings. The molecular weight excluding hydrogens is 452 g/mol. The summed E-state index contributed by atoms with van der Waals surface area (Å²) in [5.74, 6) is 0.565. The number of thiazole rings is 1. The van der Waals surface area contributed by atoms with Crippen LogP contribution in [0.1, 0.15) is 17.7 Å². The quantitative estimate of drug-likeness (QED) is 0.271. The molecule has 34 heavy (non-hydrogen) atoms. The average Bonchev–Trinajstić information content (AvgIpc) is 3.39. The predicted octanol–water partition coefficient (Wildman–Crippen LogP) is 2.58. The Labute approximate surface area is 200 Å². The highest BCUT2D eigenvalue weighted by Crippen LogP contribution is 2.38. The molecule has 1 aliphatic rings. The van der Waals surface area contributed by atoms with Crippen LogP contribution in [-0.2, 0) is 6.54 Å². The number of hydrogen-bond donors (Lipinski definition) is 5. The molecule has 1 saturated carbocycles. The van der Waals surface area contributed by atoms with Gasteiger partial charge in [0.1, 0.15) is 22.4 Å². The van der Waals surface area contributed by atoms with Crippen molar-refractivity contribution in [2.75, 3.05) is 17.2 Å². The third-order valence-electron chi connectivity index (χ3n) is 6.15.